The molecule has 0 rings (SSSR count). The maximum Gasteiger partial charge on any atom is 0.310 e. The Morgan fingerprint density at radius 2 is 0.918 bits per heavy atom. The Balaban J connectivity index is 4.31. The van der Waals surface area contributed by atoms with E-state index < -0.39 is 32.5 Å². The van der Waals surface area contributed by atoms with E-state index in [-0.39, 0.29) is 26.1 Å². The molecule has 0 spiro atoms. The van der Waals surface area contributed by atoms with Crippen molar-refractivity contribution in [2.45, 2.75) is 206 Å². The molecule has 0 saturated carbocycles. The first-order valence-corrected chi connectivity index (χ1v) is 26.0. The number of unbranched alkanes of at least 4 members (excludes halogenated alkanes) is 21. The number of likely N-dealkylation sites (N-methyl/N-ethyl adjacent to an activating group) is 1. The van der Waals surface area contributed by atoms with Crippen LogP contribution in [0.2, 0.25) is 0 Å². The van der Waals surface area contributed by atoms with Crippen molar-refractivity contribution >= 4 is 19.8 Å². The lowest BCUT2D eigenvalue weighted by Gasteiger charge is -2.28. The second-order valence-corrected chi connectivity index (χ2v) is 18.9. The molecule has 0 aromatic rings. The minimum Gasteiger partial charge on any atom is -0.756 e. The predicted molar refractivity (Wildman–Crippen MR) is 254 cm³/mol. The quantitative estimate of drug-likeness (QED) is 0.0196. The molecule has 2 unspecified atom stereocenters. The number of allylic oxidation sites excluding steroid dienone is 9. The number of rotatable bonds is 44. The number of phosphoric ester groups is 1. The molecular formula is C51H92NO8P. The third-order valence-corrected chi connectivity index (χ3v) is 11.3. The van der Waals surface area contributed by atoms with Gasteiger partial charge in [-0.25, -0.2) is 0 Å². The molecule has 0 heterocycles. The van der Waals surface area contributed by atoms with Crippen LogP contribution in [0.25, 0.3) is 0 Å². The van der Waals surface area contributed by atoms with Crippen LogP contribution in [0.5, 0.6) is 0 Å². The summed E-state index contributed by atoms with van der Waals surface area (Å²) in [7, 11) is 1.11. The maximum absolute atomic E-state index is 12.6. The number of nitrogens with zero attached hydrogens (tertiary/aromatic N) is 1. The van der Waals surface area contributed by atoms with Crippen LogP contribution in [-0.2, 0) is 32.7 Å². The van der Waals surface area contributed by atoms with Crippen molar-refractivity contribution in [1.29, 1.82) is 0 Å². The zero-order valence-corrected chi connectivity index (χ0v) is 40.7. The summed E-state index contributed by atoms with van der Waals surface area (Å²) in [5, 5.41) is 0. The molecule has 0 bridgehead atoms. The molecule has 9 nitrogen and oxygen atoms in total. The van der Waals surface area contributed by atoms with E-state index in [0.717, 1.165) is 44.9 Å². The Morgan fingerprint density at radius 3 is 1.33 bits per heavy atom. The van der Waals surface area contributed by atoms with E-state index in [0.29, 0.717) is 17.4 Å². The molecule has 0 N–H and O–H groups in total. The molecule has 2 atom stereocenters. The molecule has 0 aromatic carbocycles. The molecule has 10 heteroatoms. The van der Waals surface area contributed by atoms with E-state index in [1.807, 2.05) is 33.3 Å². The molecule has 0 amide bonds. The van der Waals surface area contributed by atoms with Crippen LogP contribution in [0.1, 0.15) is 200 Å². The van der Waals surface area contributed by atoms with E-state index in [1.54, 1.807) is 6.08 Å². The van der Waals surface area contributed by atoms with E-state index >= 15 is 0 Å². The summed E-state index contributed by atoms with van der Waals surface area (Å²) >= 11 is 0. The lowest BCUT2D eigenvalue weighted by Crippen LogP contribution is -2.37. The fraction of sp³-hybridized carbons (Fsp3) is 0.765. The van der Waals surface area contributed by atoms with Gasteiger partial charge in [-0.3, -0.25) is 14.2 Å². The summed E-state index contributed by atoms with van der Waals surface area (Å²) in [6.07, 6.45) is 52.9. The van der Waals surface area contributed by atoms with Crippen molar-refractivity contribution in [3.05, 3.63) is 60.8 Å². The Bertz CT molecular complexity index is 1220. The number of quaternary nitrogens is 1. The van der Waals surface area contributed by atoms with Crippen LogP contribution < -0.4 is 4.89 Å². The number of phosphoric acid groups is 1. The van der Waals surface area contributed by atoms with E-state index in [4.69, 9.17) is 18.5 Å². The first-order valence-electron chi connectivity index (χ1n) is 24.5. The molecule has 0 fully saturated rings. The Kier molecular flexibility index (Phi) is 41.4. The normalized spacial score (nSPS) is 14.0. The molecule has 61 heavy (non-hydrogen) atoms. The van der Waals surface area contributed by atoms with Gasteiger partial charge in [-0.05, 0) is 38.5 Å². The third-order valence-electron chi connectivity index (χ3n) is 10.3. The largest absolute Gasteiger partial charge is 0.756 e. The van der Waals surface area contributed by atoms with Gasteiger partial charge in [0.05, 0.1) is 34.2 Å². The van der Waals surface area contributed by atoms with Crippen LogP contribution in [-0.4, -0.2) is 70.0 Å². The van der Waals surface area contributed by atoms with Crippen molar-refractivity contribution < 1.29 is 42.1 Å². The highest BCUT2D eigenvalue weighted by Crippen LogP contribution is 2.38. The second kappa shape index (κ2) is 43.0. The van der Waals surface area contributed by atoms with Crippen LogP contribution in [0.3, 0.4) is 0 Å². The van der Waals surface area contributed by atoms with Crippen molar-refractivity contribution in [2.75, 3.05) is 47.5 Å². The highest BCUT2D eigenvalue weighted by molar-refractivity contribution is 7.45. The maximum atomic E-state index is 12.6. The zero-order valence-electron chi connectivity index (χ0n) is 39.8. The molecule has 0 aliphatic heterocycles. The molecule has 0 aliphatic carbocycles. The number of ether oxygens (including phenoxy) is 2. The van der Waals surface area contributed by atoms with Crippen molar-refractivity contribution in [3.8, 4) is 0 Å². The smallest absolute Gasteiger partial charge is 0.310 e. The standard InChI is InChI=1S/C51H92NO8P/c1-6-8-10-12-14-16-18-20-22-23-24-25-26-27-28-30-31-33-35-37-39-41-43-50(53)57-47-49(48-59-61(55,56)58-46-45-52(3,4)5)60-51(54)44-42-40-38-36-34-32-29-21-19-17-15-13-11-9-7-2/h9,11,15,17,21,29,34,36,40,42,49H,6-8,10,12-14,16,18-20,22-28,30-33,35,37-39,41,43-48H2,1-5H3/b11-9-,17-15-,29-21-,36-34-,42-40-. The van der Waals surface area contributed by atoms with Gasteiger partial charge in [0.25, 0.3) is 7.82 Å². The lowest BCUT2D eigenvalue weighted by atomic mass is 10.0. The fourth-order valence-electron chi connectivity index (χ4n) is 6.55. The van der Waals surface area contributed by atoms with Gasteiger partial charge < -0.3 is 27.9 Å². The summed E-state index contributed by atoms with van der Waals surface area (Å²) in [5.74, 6) is -0.978. The van der Waals surface area contributed by atoms with Gasteiger partial charge in [-0.2, -0.15) is 0 Å². The second-order valence-electron chi connectivity index (χ2n) is 17.5. The Labute approximate surface area is 375 Å². The highest BCUT2D eigenvalue weighted by Gasteiger charge is 2.21. The molecule has 0 saturated heterocycles. The van der Waals surface area contributed by atoms with Crippen LogP contribution in [0.15, 0.2) is 60.8 Å². The molecule has 0 radical (unpaired) electrons. The zero-order chi connectivity index (χ0) is 45.0. The topological polar surface area (TPSA) is 111 Å². The van der Waals surface area contributed by atoms with Crippen molar-refractivity contribution in [2.24, 2.45) is 0 Å². The molecule has 0 aliphatic rings. The predicted octanol–water partition coefficient (Wildman–Crippen LogP) is 13.8. The van der Waals surface area contributed by atoms with E-state index in [1.165, 1.54) is 122 Å². The molecule has 354 valence electrons. The fourth-order valence-corrected chi connectivity index (χ4v) is 7.28. The van der Waals surface area contributed by atoms with E-state index in [9.17, 15) is 19.0 Å². The summed E-state index contributed by atoms with van der Waals surface area (Å²) in [6.45, 7) is 4.02. The SMILES string of the molecule is CC/C=C\C/C=C\C/C=C\C/C=C\C/C=C\CC(=O)OC(COC(=O)CCCCCCCCCCCCCCCCCCCCCCCC)COP(=O)([O-])OCC[N+](C)(C)C. The van der Waals surface area contributed by atoms with Gasteiger partial charge in [0, 0.05) is 6.42 Å². The summed E-state index contributed by atoms with van der Waals surface area (Å²) in [5.41, 5.74) is 0. The molecular weight excluding hydrogens is 786 g/mol. The Morgan fingerprint density at radius 1 is 0.525 bits per heavy atom. The van der Waals surface area contributed by atoms with Crippen LogP contribution in [0, 0.1) is 0 Å². The van der Waals surface area contributed by atoms with Crippen LogP contribution >= 0.6 is 7.82 Å². The average molecular weight is 878 g/mol. The van der Waals surface area contributed by atoms with Gasteiger partial charge in [0.15, 0.2) is 6.10 Å². The lowest BCUT2D eigenvalue weighted by molar-refractivity contribution is -0.870. The van der Waals surface area contributed by atoms with Gasteiger partial charge in [0.2, 0.25) is 0 Å². The number of hydrogen-bond donors (Lipinski definition) is 0. The Hall–Kier alpha value is -2.29. The first kappa shape index (κ1) is 58.7. The number of carbonyl (C=O) groups is 2. The highest BCUT2D eigenvalue weighted by atomic mass is 31.2. The summed E-state index contributed by atoms with van der Waals surface area (Å²) in [4.78, 5) is 37.6. The third kappa shape index (κ3) is 47.0. The minimum atomic E-state index is -4.65. The van der Waals surface area contributed by atoms with Gasteiger partial charge in [-0.1, -0.05) is 209 Å². The van der Waals surface area contributed by atoms with Gasteiger partial charge in [0.1, 0.15) is 19.8 Å². The first-order chi connectivity index (χ1) is 29.5. The number of hydrogen-bond acceptors (Lipinski definition) is 8. The van der Waals surface area contributed by atoms with Crippen molar-refractivity contribution in [3.63, 3.8) is 0 Å². The van der Waals surface area contributed by atoms with E-state index in [2.05, 4.69) is 56.4 Å². The number of carbonyl (C=O) groups excluding carboxylic acids is 2. The van der Waals surface area contributed by atoms with Crippen LogP contribution in [0.4, 0.5) is 0 Å². The van der Waals surface area contributed by atoms with Gasteiger partial charge in [-0.15, -0.1) is 0 Å². The summed E-state index contributed by atoms with van der Waals surface area (Å²) < 4.78 is 33.8. The summed E-state index contributed by atoms with van der Waals surface area (Å²) in [6, 6.07) is 0. The van der Waals surface area contributed by atoms with Crippen molar-refractivity contribution in [1.82, 2.24) is 0 Å². The minimum absolute atomic E-state index is 0.00746. The monoisotopic (exact) mass is 878 g/mol. The van der Waals surface area contributed by atoms with Gasteiger partial charge >= 0.3 is 11.9 Å². The molecule has 0 aromatic heterocycles. The number of esters is 2. The average Bonchev–Trinajstić information content (AvgIpc) is 3.21.